The summed E-state index contributed by atoms with van der Waals surface area (Å²) in [6, 6.07) is 7.95. The molecule has 1 fully saturated rings. The highest BCUT2D eigenvalue weighted by atomic mass is 32.2. The minimum absolute atomic E-state index is 0.0407. The van der Waals surface area contributed by atoms with Gasteiger partial charge in [0.05, 0.1) is 11.5 Å². The van der Waals surface area contributed by atoms with Crippen LogP contribution in [0.5, 0.6) is 0 Å². The van der Waals surface area contributed by atoms with E-state index in [1.165, 1.54) is 0 Å². The van der Waals surface area contributed by atoms with Crippen molar-refractivity contribution in [1.29, 1.82) is 0 Å². The van der Waals surface area contributed by atoms with Gasteiger partial charge in [0, 0.05) is 17.3 Å². The van der Waals surface area contributed by atoms with Crippen LogP contribution in [0.4, 0.5) is 5.69 Å². The number of hydrogen-bond donors (Lipinski definition) is 1. The van der Waals surface area contributed by atoms with Crippen molar-refractivity contribution in [3.05, 3.63) is 29.8 Å². The van der Waals surface area contributed by atoms with Crippen molar-refractivity contribution in [3.63, 3.8) is 0 Å². The lowest BCUT2D eigenvalue weighted by Gasteiger charge is -2.12. The largest absolute Gasteiger partial charge is 0.381 e. The third-order valence-electron chi connectivity index (χ3n) is 3.07. The fraction of sp³-hybridized carbons (Fsp3) is 0.467. The maximum absolute atomic E-state index is 11.4. The van der Waals surface area contributed by atoms with Crippen molar-refractivity contribution in [1.82, 2.24) is 0 Å². The Morgan fingerprint density at radius 3 is 2.35 bits per heavy atom. The average molecular weight is 307 g/mol. The van der Waals surface area contributed by atoms with Gasteiger partial charge in [-0.25, -0.2) is 8.42 Å². The molecule has 1 aliphatic rings. The standard InChI is InChI=1S/C15H21NO2SSi/c1-20(2,3)11-9-13-4-6-14(7-5-13)16-15-8-10-19(17,18)12-15/h4-7,15-16H,8,10,12H2,1-3H3. The van der Waals surface area contributed by atoms with Crippen LogP contribution in [-0.4, -0.2) is 34.0 Å². The molecule has 2 rings (SSSR count). The van der Waals surface area contributed by atoms with Gasteiger partial charge >= 0.3 is 0 Å². The molecule has 3 nitrogen and oxygen atoms in total. The van der Waals surface area contributed by atoms with Crippen LogP contribution < -0.4 is 5.32 Å². The van der Waals surface area contributed by atoms with Gasteiger partial charge in [-0.2, -0.15) is 0 Å². The minimum atomic E-state index is -2.83. The quantitative estimate of drug-likeness (QED) is 0.674. The number of anilines is 1. The molecule has 1 unspecified atom stereocenters. The van der Waals surface area contributed by atoms with Crippen LogP contribution in [0.15, 0.2) is 24.3 Å². The van der Waals surface area contributed by atoms with Crippen molar-refractivity contribution >= 4 is 23.6 Å². The molecule has 20 heavy (non-hydrogen) atoms. The van der Waals surface area contributed by atoms with Crippen molar-refractivity contribution < 1.29 is 8.42 Å². The molecule has 0 aromatic heterocycles. The van der Waals surface area contributed by atoms with E-state index in [9.17, 15) is 8.42 Å². The van der Waals surface area contributed by atoms with Crippen LogP contribution in [0.1, 0.15) is 12.0 Å². The number of nitrogens with one attached hydrogen (secondary N) is 1. The second-order valence-electron chi connectivity index (χ2n) is 6.32. The van der Waals surface area contributed by atoms with Crippen LogP contribution in [-0.2, 0) is 9.84 Å². The highest BCUT2D eigenvalue weighted by molar-refractivity contribution is 7.91. The van der Waals surface area contributed by atoms with Gasteiger partial charge in [0.15, 0.2) is 9.84 Å². The molecule has 0 saturated carbocycles. The smallest absolute Gasteiger partial charge is 0.152 e. The lowest BCUT2D eigenvalue weighted by Crippen LogP contribution is -2.20. The third kappa shape index (κ3) is 4.69. The summed E-state index contributed by atoms with van der Waals surface area (Å²) in [5.41, 5.74) is 5.31. The zero-order chi connectivity index (χ0) is 14.8. The zero-order valence-electron chi connectivity index (χ0n) is 12.2. The average Bonchev–Trinajstić information content (AvgIpc) is 2.67. The van der Waals surface area contributed by atoms with E-state index in [1.54, 1.807) is 0 Å². The first-order chi connectivity index (χ1) is 9.23. The number of benzene rings is 1. The number of rotatable bonds is 2. The fourth-order valence-corrected chi connectivity index (χ4v) is 4.25. The summed E-state index contributed by atoms with van der Waals surface area (Å²) in [5, 5.41) is 3.28. The first-order valence-electron chi connectivity index (χ1n) is 6.84. The van der Waals surface area contributed by atoms with Crippen molar-refractivity contribution in [2.75, 3.05) is 16.8 Å². The highest BCUT2D eigenvalue weighted by Gasteiger charge is 2.27. The third-order valence-corrected chi connectivity index (χ3v) is 5.71. The Morgan fingerprint density at radius 1 is 1.20 bits per heavy atom. The maximum Gasteiger partial charge on any atom is 0.152 e. The summed E-state index contributed by atoms with van der Waals surface area (Å²) in [5.74, 6) is 3.74. The second kappa shape index (κ2) is 5.62. The first-order valence-corrected chi connectivity index (χ1v) is 12.2. The maximum atomic E-state index is 11.4. The Balaban J connectivity index is 2.00. The van der Waals surface area contributed by atoms with E-state index in [4.69, 9.17) is 0 Å². The zero-order valence-corrected chi connectivity index (χ0v) is 14.0. The van der Waals surface area contributed by atoms with Crippen molar-refractivity contribution in [2.24, 2.45) is 0 Å². The van der Waals surface area contributed by atoms with Gasteiger partial charge in [-0.05, 0) is 30.7 Å². The summed E-state index contributed by atoms with van der Waals surface area (Å²) in [6.07, 6.45) is 0.694. The van der Waals surface area contributed by atoms with E-state index < -0.39 is 17.9 Å². The summed E-state index contributed by atoms with van der Waals surface area (Å²) in [7, 11) is -4.17. The Hall–Kier alpha value is -1.25. The molecule has 1 aromatic carbocycles. The predicted octanol–water partition coefficient (Wildman–Crippen LogP) is 2.51. The molecule has 1 atom stereocenters. The molecule has 108 valence electrons. The van der Waals surface area contributed by atoms with E-state index in [0.29, 0.717) is 12.2 Å². The summed E-state index contributed by atoms with van der Waals surface area (Å²) in [6.45, 7) is 6.66. The topological polar surface area (TPSA) is 46.2 Å². The van der Waals surface area contributed by atoms with Gasteiger partial charge in [0.25, 0.3) is 0 Å². The van der Waals surface area contributed by atoms with Crippen molar-refractivity contribution in [3.8, 4) is 11.5 Å². The molecular weight excluding hydrogens is 286 g/mol. The molecule has 1 aliphatic heterocycles. The lowest BCUT2D eigenvalue weighted by atomic mass is 10.2. The van der Waals surface area contributed by atoms with Crippen LogP contribution in [0.3, 0.4) is 0 Å². The monoisotopic (exact) mass is 307 g/mol. The normalized spacial score (nSPS) is 21.1. The van der Waals surface area contributed by atoms with E-state index in [-0.39, 0.29) is 11.8 Å². The van der Waals surface area contributed by atoms with Gasteiger partial charge in [0.1, 0.15) is 8.07 Å². The molecule has 1 aromatic rings. The number of hydrogen-bond acceptors (Lipinski definition) is 3. The molecule has 5 heteroatoms. The van der Waals surface area contributed by atoms with Crippen molar-refractivity contribution in [2.45, 2.75) is 32.1 Å². The Bertz CT molecular complexity index is 633. The summed E-state index contributed by atoms with van der Waals surface area (Å²) < 4.78 is 22.8. The molecule has 0 aliphatic carbocycles. The van der Waals surface area contributed by atoms with Crippen LogP contribution >= 0.6 is 0 Å². The van der Waals surface area contributed by atoms with E-state index in [0.717, 1.165) is 11.3 Å². The van der Waals surface area contributed by atoms with E-state index in [1.807, 2.05) is 24.3 Å². The predicted molar refractivity (Wildman–Crippen MR) is 87.3 cm³/mol. The molecule has 0 amide bonds. The van der Waals surface area contributed by atoms with E-state index >= 15 is 0 Å². The molecule has 0 bridgehead atoms. The Morgan fingerprint density at radius 2 is 1.85 bits per heavy atom. The molecule has 0 radical (unpaired) electrons. The molecule has 1 N–H and O–H groups in total. The van der Waals surface area contributed by atoms with Crippen LogP contribution in [0.25, 0.3) is 0 Å². The Kier molecular flexibility index (Phi) is 4.26. The van der Waals surface area contributed by atoms with Crippen LogP contribution in [0, 0.1) is 11.5 Å². The van der Waals surface area contributed by atoms with Gasteiger partial charge in [0.2, 0.25) is 0 Å². The van der Waals surface area contributed by atoms with Gasteiger partial charge in [-0.1, -0.05) is 25.6 Å². The number of sulfone groups is 1. The minimum Gasteiger partial charge on any atom is -0.381 e. The van der Waals surface area contributed by atoms with Gasteiger partial charge in [-0.3, -0.25) is 0 Å². The molecule has 1 heterocycles. The first kappa shape index (κ1) is 15.1. The molecule has 1 saturated heterocycles. The summed E-state index contributed by atoms with van der Waals surface area (Å²) in [4.78, 5) is 0. The molecule has 0 spiro atoms. The second-order valence-corrected chi connectivity index (χ2v) is 13.3. The Labute approximate surface area is 122 Å². The molecular formula is C15H21NO2SSi. The van der Waals surface area contributed by atoms with Gasteiger partial charge in [-0.15, -0.1) is 5.54 Å². The van der Waals surface area contributed by atoms with Crippen LogP contribution in [0.2, 0.25) is 19.6 Å². The van der Waals surface area contributed by atoms with Gasteiger partial charge < -0.3 is 5.32 Å². The highest BCUT2D eigenvalue weighted by Crippen LogP contribution is 2.17. The lowest BCUT2D eigenvalue weighted by molar-refractivity contribution is 0.602. The SMILES string of the molecule is C[Si](C)(C)C#Cc1ccc(NC2CCS(=O)(=O)C2)cc1. The summed E-state index contributed by atoms with van der Waals surface area (Å²) >= 11 is 0. The van der Waals surface area contributed by atoms with E-state index in [2.05, 4.69) is 36.4 Å². The fourth-order valence-electron chi connectivity index (χ4n) is 2.05.